The zero-order valence-electron chi connectivity index (χ0n) is 35.7. The Hall–Kier alpha value is -1.51. The second-order valence-corrected chi connectivity index (χ2v) is 16.7. The van der Waals surface area contributed by atoms with Crippen molar-refractivity contribution in [2.45, 2.75) is 225 Å². The van der Waals surface area contributed by atoms with E-state index in [1.807, 2.05) is 0 Å². The molecule has 55 heavy (non-hydrogen) atoms. The van der Waals surface area contributed by atoms with Crippen molar-refractivity contribution in [2.75, 3.05) is 26.4 Å². The number of esters is 2. The van der Waals surface area contributed by atoms with Gasteiger partial charge in [-0.3, -0.25) is 18.6 Å². The lowest BCUT2D eigenvalue weighted by Crippen LogP contribution is -2.29. The number of rotatable bonds is 43. The van der Waals surface area contributed by atoms with Crippen LogP contribution in [0.4, 0.5) is 0 Å². The van der Waals surface area contributed by atoms with Crippen LogP contribution in [0.5, 0.6) is 0 Å². The quantitative estimate of drug-likeness (QED) is 0.0267. The van der Waals surface area contributed by atoms with Crippen molar-refractivity contribution in [1.82, 2.24) is 0 Å². The van der Waals surface area contributed by atoms with Crippen molar-refractivity contribution in [1.29, 1.82) is 0 Å². The number of ether oxygens (including phenoxy) is 2. The molecule has 0 aliphatic heterocycles. The summed E-state index contributed by atoms with van der Waals surface area (Å²) in [4.78, 5) is 34.9. The minimum atomic E-state index is -4.38. The van der Waals surface area contributed by atoms with Crippen LogP contribution in [-0.4, -0.2) is 49.3 Å². The number of phosphoric ester groups is 1. The number of allylic oxidation sites excluding steroid dienone is 4. The smallest absolute Gasteiger partial charge is 0.462 e. The molecule has 0 fully saturated rings. The highest BCUT2D eigenvalue weighted by molar-refractivity contribution is 7.47. The largest absolute Gasteiger partial charge is 0.472 e. The van der Waals surface area contributed by atoms with Gasteiger partial charge < -0.3 is 20.1 Å². The van der Waals surface area contributed by atoms with Crippen LogP contribution in [0.1, 0.15) is 219 Å². The van der Waals surface area contributed by atoms with Crippen LogP contribution in [0, 0.1) is 0 Å². The first-order valence-electron chi connectivity index (χ1n) is 22.8. The molecule has 0 bridgehead atoms. The third-order valence-corrected chi connectivity index (χ3v) is 10.8. The number of hydrogen-bond donors (Lipinski definition) is 2. The summed E-state index contributed by atoms with van der Waals surface area (Å²) in [5.41, 5.74) is 5.35. The van der Waals surface area contributed by atoms with Gasteiger partial charge in [-0.1, -0.05) is 167 Å². The molecule has 0 aromatic heterocycles. The molecule has 2 atom stereocenters. The second kappa shape index (κ2) is 42.1. The summed E-state index contributed by atoms with van der Waals surface area (Å²) in [6, 6.07) is 0. The van der Waals surface area contributed by atoms with Crippen LogP contribution in [0.15, 0.2) is 24.3 Å². The van der Waals surface area contributed by atoms with Crippen LogP contribution in [0.3, 0.4) is 0 Å². The number of phosphoric acid groups is 1. The fourth-order valence-corrected chi connectivity index (χ4v) is 7.15. The van der Waals surface area contributed by atoms with Gasteiger partial charge in [0.25, 0.3) is 0 Å². The van der Waals surface area contributed by atoms with Gasteiger partial charge in [-0.05, 0) is 64.2 Å². The number of hydrogen-bond acceptors (Lipinski definition) is 8. The molecule has 0 saturated heterocycles. The minimum absolute atomic E-state index is 0.0532. The molecule has 9 nitrogen and oxygen atoms in total. The van der Waals surface area contributed by atoms with Crippen LogP contribution in [0.25, 0.3) is 0 Å². The molecule has 324 valence electrons. The highest BCUT2D eigenvalue weighted by Crippen LogP contribution is 2.43. The Kier molecular flexibility index (Phi) is 40.9. The highest BCUT2D eigenvalue weighted by Gasteiger charge is 2.26. The van der Waals surface area contributed by atoms with Crippen molar-refractivity contribution in [2.24, 2.45) is 5.73 Å². The Labute approximate surface area is 338 Å². The van der Waals surface area contributed by atoms with Crippen molar-refractivity contribution in [3.63, 3.8) is 0 Å². The molecule has 0 aliphatic carbocycles. The highest BCUT2D eigenvalue weighted by atomic mass is 31.2. The predicted molar refractivity (Wildman–Crippen MR) is 229 cm³/mol. The van der Waals surface area contributed by atoms with E-state index in [0.29, 0.717) is 6.42 Å². The van der Waals surface area contributed by atoms with Crippen LogP contribution < -0.4 is 5.73 Å². The Morgan fingerprint density at radius 2 is 0.891 bits per heavy atom. The van der Waals surface area contributed by atoms with Crippen molar-refractivity contribution < 1.29 is 37.6 Å². The maximum absolute atomic E-state index is 12.6. The Morgan fingerprint density at radius 3 is 1.29 bits per heavy atom. The van der Waals surface area contributed by atoms with Gasteiger partial charge in [0, 0.05) is 19.4 Å². The molecule has 0 spiro atoms. The Morgan fingerprint density at radius 1 is 0.527 bits per heavy atom. The van der Waals surface area contributed by atoms with Gasteiger partial charge in [0.1, 0.15) is 6.61 Å². The van der Waals surface area contributed by atoms with E-state index in [1.54, 1.807) is 0 Å². The average Bonchev–Trinajstić information content (AvgIpc) is 3.17. The van der Waals surface area contributed by atoms with E-state index >= 15 is 0 Å². The Bertz CT molecular complexity index is 959. The third-order valence-electron chi connectivity index (χ3n) is 9.81. The van der Waals surface area contributed by atoms with Gasteiger partial charge in [-0.15, -0.1) is 0 Å². The summed E-state index contributed by atoms with van der Waals surface area (Å²) < 4.78 is 32.8. The van der Waals surface area contributed by atoms with E-state index in [4.69, 9.17) is 24.3 Å². The molecule has 2 unspecified atom stereocenters. The minimum Gasteiger partial charge on any atom is -0.462 e. The fraction of sp³-hybridized carbons (Fsp3) is 0.867. The van der Waals surface area contributed by atoms with Gasteiger partial charge in [0.2, 0.25) is 0 Å². The van der Waals surface area contributed by atoms with E-state index in [1.165, 1.54) is 128 Å². The molecular weight excluding hydrogens is 713 g/mol. The molecule has 0 radical (unpaired) electrons. The SMILES string of the molecule is CCCCCCCC/C=C\CCCCCCCCCC(=O)OCC(COP(=O)(O)OCCN)OC(=O)CCCCCCCCC/C=C\CCCCCCCC. The zero-order chi connectivity index (χ0) is 40.3. The standard InChI is InChI=1S/C45H86NO8P/c1-3-5-7-9-11-13-15-17-19-21-23-25-27-29-31-33-35-37-44(47)51-41-43(42-53-55(49,50)52-40-39-46)54-45(48)38-36-34-32-30-28-26-24-22-20-18-16-14-12-10-8-6-4-2/h17-20,43H,3-16,21-42,46H2,1-2H3,(H,49,50)/b19-17-,20-18-. The molecule has 0 saturated carbocycles. The lowest BCUT2D eigenvalue weighted by molar-refractivity contribution is -0.161. The molecule has 0 heterocycles. The van der Waals surface area contributed by atoms with E-state index in [0.717, 1.165) is 57.8 Å². The summed E-state index contributed by atoms with van der Waals surface area (Å²) in [5, 5.41) is 0. The summed E-state index contributed by atoms with van der Waals surface area (Å²) in [7, 11) is -4.38. The van der Waals surface area contributed by atoms with Crippen LogP contribution in [-0.2, 0) is 32.7 Å². The third kappa shape index (κ3) is 41.9. The zero-order valence-corrected chi connectivity index (χ0v) is 36.6. The van der Waals surface area contributed by atoms with Crippen molar-refractivity contribution in [3.05, 3.63) is 24.3 Å². The van der Waals surface area contributed by atoms with Crippen molar-refractivity contribution >= 4 is 19.8 Å². The maximum Gasteiger partial charge on any atom is 0.472 e. The molecule has 0 amide bonds. The number of unbranched alkanes of at least 4 members (excludes halogenated alkanes) is 26. The first-order valence-corrected chi connectivity index (χ1v) is 24.3. The maximum atomic E-state index is 12.6. The molecule has 0 aromatic carbocycles. The number of nitrogens with two attached hydrogens (primary N) is 1. The lowest BCUT2D eigenvalue weighted by Gasteiger charge is -2.19. The van der Waals surface area contributed by atoms with Gasteiger partial charge in [-0.2, -0.15) is 0 Å². The van der Waals surface area contributed by atoms with Gasteiger partial charge >= 0.3 is 19.8 Å². The predicted octanol–water partition coefficient (Wildman–Crippen LogP) is 13.2. The number of carbonyl (C=O) groups is 2. The molecule has 3 N–H and O–H groups in total. The van der Waals surface area contributed by atoms with Gasteiger partial charge in [-0.25, -0.2) is 4.57 Å². The molecular formula is C45H86NO8P. The van der Waals surface area contributed by atoms with E-state index in [9.17, 15) is 19.0 Å². The summed E-state index contributed by atoms with van der Waals surface area (Å²) in [6.45, 7) is 3.74. The fourth-order valence-electron chi connectivity index (χ4n) is 6.39. The normalized spacial score (nSPS) is 13.5. The summed E-state index contributed by atoms with van der Waals surface area (Å²) in [6.07, 6.45) is 44.9. The second-order valence-electron chi connectivity index (χ2n) is 15.3. The van der Waals surface area contributed by atoms with Gasteiger partial charge in [0.05, 0.1) is 13.2 Å². The van der Waals surface area contributed by atoms with E-state index in [2.05, 4.69) is 38.2 Å². The van der Waals surface area contributed by atoms with Crippen LogP contribution >= 0.6 is 7.82 Å². The molecule has 0 aliphatic rings. The Balaban J connectivity index is 4.12. The van der Waals surface area contributed by atoms with E-state index in [-0.39, 0.29) is 38.6 Å². The van der Waals surface area contributed by atoms with E-state index < -0.39 is 26.5 Å². The average molecular weight is 800 g/mol. The lowest BCUT2D eigenvalue weighted by atomic mass is 10.1. The van der Waals surface area contributed by atoms with Crippen molar-refractivity contribution in [3.8, 4) is 0 Å². The molecule has 0 aromatic rings. The molecule has 10 heteroatoms. The topological polar surface area (TPSA) is 134 Å². The number of carbonyl (C=O) groups excluding carboxylic acids is 2. The summed E-state index contributed by atoms with van der Waals surface area (Å²) >= 11 is 0. The summed E-state index contributed by atoms with van der Waals surface area (Å²) in [5.74, 6) is -0.832. The monoisotopic (exact) mass is 800 g/mol. The molecule has 0 rings (SSSR count). The first kappa shape index (κ1) is 53.5. The van der Waals surface area contributed by atoms with Gasteiger partial charge in [0.15, 0.2) is 6.10 Å². The first-order chi connectivity index (χ1) is 26.8. The van der Waals surface area contributed by atoms with Crippen LogP contribution in [0.2, 0.25) is 0 Å².